The number of methoxy groups -OCH3 is 2. The molecule has 0 bridgehead atoms. The summed E-state index contributed by atoms with van der Waals surface area (Å²) in [4.78, 5) is 22.4. The second-order valence-corrected chi connectivity index (χ2v) is 3.10. The van der Waals surface area contributed by atoms with E-state index in [9.17, 15) is 9.59 Å². The predicted octanol–water partition coefficient (Wildman–Crippen LogP) is 0.388. The molecule has 0 atom stereocenters. The van der Waals surface area contributed by atoms with Crippen LogP contribution in [0.25, 0.3) is 0 Å². The third-order valence-corrected chi connectivity index (χ3v) is 2.09. The molecular weight excluding hydrogens is 224 g/mol. The van der Waals surface area contributed by atoms with E-state index in [0.717, 1.165) is 0 Å². The van der Waals surface area contributed by atoms with E-state index in [4.69, 9.17) is 9.47 Å². The number of anilines is 1. The van der Waals surface area contributed by atoms with Crippen molar-refractivity contribution >= 4 is 17.5 Å². The summed E-state index contributed by atoms with van der Waals surface area (Å²) in [7, 11) is 4.37. The Hall–Kier alpha value is -2.24. The van der Waals surface area contributed by atoms with Crippen LogP contribution in [0.1, 0.15) is 0 Å². The molecule has 0 saturated carbocycles. The van der Waals surface area contributed by atoms with Gasteiger partial charge in [0.2, 0.25) is 0 Å². The molecule has 0 aliphatic heterocycles. The Bertz CT molecular complexity index is 431. The maximum absolute atomic E-state index is 11.4. The van der Waals surface area contributed by atoms with Gasteiger partial charge in [-0.1, -0.05) is 0 Å². The van der Waals surface area contributed by atoms with Crippen LogP contribution in [0.4, 0.5) is 5.69 Å². The molecule has 6 nitrogen and oxygen atoms in total. The number of hydrogen-bond donors (Lipinski definition) is 2. The first-order valence-corrected chi connectivity index (χ1v) is 4.87. The van der Waals surface area contributed by atoms with Crippen LogP contribution < -0.4 is 20.1 Å². The summed E-state index contributed by atoms with van der Waals surface area (Å²) in [5, 5.41) is 4.66. The van der Waals surface area contributed by atoms with Gasteiger partial charge < -0.3 is 20.1 Å². The number of hydrogen-bond acceptors (Lipinski definition) is 4. The van der Waals surface area contributed by atoms with Gasteiger partial charge in [-0.15, -0.1) is 0 Å². The smallest absolute Gasteiger partial charge is 0.313 e. The molecule has 0 spiro atoms. The van der Waals surface area contributed by atoms with Crippen LogP contribution in [-0.4, -0.2) is 33.1 Å². The molecule has 6 heteroatoms. The van der Waals surface area contributed by atoms with E-state index in [1.807, 2.05) is 0 Å². The van der Waals surface area contributed by atoms with Crippen molar-refractivity contribution in [3.05, 3.63) is 18.2 Å². The third kappa shape index (κ3) is 3.10. The molecule has 0 heterocycles. The maximum atomic E-state index is 11.4. The lowest BCUT2D eigenvalue weighted by atomic mass is 10.2. The molecule has 2 N–H and O–H groups in total. The van der Waals surface area contributed by atoms with E-state index in [-0.39, 0.29) is 0 Å². The second-order valence-electron chi connectivity index (χ2n) is 3.10. The molecule has 0 unspecified atom stereocenters. The van der Waals surface area contributed by atoms with E-state index in [1.165, 1.54) is 21.3 Å². The standard InChI is InChI=1S/C11H14N2O4/c1-12-10(14)11(15)13-8-5-4-7(16-2)6-9(8)17-3/h4-6H,1-3H3,(H,12,14)(H,13,15). The summed E-state index contributed by atoms with van der Waals surface area (Å²) in [6, 6.07) is 4.86. The lowest BCUT2D eigenvalue weighted by Gasteiger charge is -2.10. The van der Waals surface area contributed by atoms with Gasteiger partial charge in [-0.3, -0.25) is 9.59 Å². The van der Waals surface area contributed by atoms with Gasteiger partial charge in [-0.2, -0.15) is 0 Å². The highest BCUT2D eigenvalue weighted by Crippen LogP contribution is 2.28. The first-order chi connectivity index (χ1) is 8.12. The highest BCUT2D eigenvalue weighted by atomic mass is 16.5. The zero-order valence-corrected chi connectivity index (χ0v) is 9.87. The Balaban J connectivity index is 2.91. The first kappa shape index (κ1) is 12.8. The highest BCUT2D eigenvalue weighted by molar-refractivity contribution is 6.39. The molecule has 1 aromatic carbocycles. The number of carbonyl (C=O) groups excluding carboxylic acids is 2. The molecule has 0 fully saturated rings. The van der Waals surface area contributed by atoms with Gasteiger partial charge in [0.15, 0.2) is 0 Å². The number of benzene rings is 1. The van der Waals surface area contributed by atoms with Crippen LogP contribution in [0.5, 0.6) is 11.5 Å². The summed E-state index contributed by atoms with van der Waals surface area (Å²) >= 11 is 0. The van der Waals surface area contributed by atoms with E-state index in [1.54, 1.807) is 18.2 Å². The summed E-state index contributed by atoms with van der Waals surface area (Å²) in [5.74, 6) is -0.458. The SMILES string of the molecule is CNC(=O)C(=O)Nc1ccc(OC)cc1OC. The fourth-order valence-electron chi connectivity index (χ4n) is 1.19. The van der Waals surface area contributed by atoms with Crippen LogP contribution >= 0.6 is 0 Å². The minimum Gasteiger partial charge on any atom is -0.497 e. The van der Waals surface area contributed by atoms with Crippen LogP contribution in [0.15, 0.2) is 18.2 Å². The highest BCUT2D eigenvalue weighted by Gasteiger charge is 2.14. The van der Waals surface area contributed by atoms with Crippen molar-refractivity contribution in [3.63, 3.8) is 0 Å². The van der Waals surface area contributed by atoms with Crippen molar-refractivity contribution in [2.45, 2.75) is 0 Å². The van der Waals surface area contributed by atoms with E-state index in [2.05, 4.69) is 10.6 Å². The van der Waals surface area contributed by atoms with Crippen molar-refractivity contribution < 1.29 is 19.1 Å². The molecule has 0 radical (unpaired) electrons. The number of nitrogens with one attached hydrogen (secondary N) is 2. The zero-order chi connectivity index (χ0) is 12.8. The lowest BCUT2D eigenvalue weighted by Crippen LogP contribution is -2.32. The van der Waals surface area contributed by atoms with Crippen LogP contribution in [0.2, 0.25) is 0 Å². The average Bonchev–Trinajstić information content (AvgIpc) is 2.37. The largest absolute Gasteiger partial charge is 0.497 e. The van der Waals surface area contributed by atoms with Crippen molar-refractivity contribution in [2.24, 2.45) is 0 Å². The number of likely N-dealkylation sites (N-methyl/N-ethyl adjacent to an activating group) is 1. The van der Waals surface area contributed by atoms with Crippen LogP contribution in [-0.2, 0) is 9.59 Å². The van der Waals surface area contributed by atoms with Crippen molar-refractivity contribution in [1.29, 1.82) is 0 Å². The molecule has 0 saturated heterocycles. The van der Waals surface area contributed by atoms with Gasteiger partial charge in [0.1, 0.15) is 11.5 Å². The Morgan fingerprint density at radius 2 is 1.82 bits per heavy atom. The topological polar surface area (TPSA) is 76.7 Å². The van der Waals surface area contributed by atoms with Gasteiger partial charge in [-0.25, -0.2) is 0 Å². The molecule has 92 valence electrons. The van der Waals surface area contributed by atoms with Crippen molar-refractivity contribution in [2.75, 3.05) is 26.6 Å². The molecule has 1 rings (SSSR count). The first-order valence-electron chi connectivity index (χ1n) is 4.87. The maximum Gasteiger partial charge on any atom is 0.313 e. The summed E-state index contributed by atoms with van der Waals surface area (Å²) in [6.07, 6.45) is 0. The molecule has 2 amide bonds. The van der Waals surface area contributed by atoms with E-state index < -0.39 is 11.8 Å². The zero-order valence-electron chi connectivity index (χ0n) is 9.87. The second kappa shape index (κ2) is 5.74. The quantitative estimate of drug-likeness (QED) is 0.747. The Kier molecular flexibility index (Phi) is 4.33. The summed E-state index contributed by atoms with van der Waals surface area (Å²) < 4.78 is 10.1. The fourth-order valence-corrected chi connectivity index (χ4v) is 1.19. The number of amides is 2. The fraction of sp³-hybridized carbons (Fsp3) is 0.273. The van der Waals surface area contributed by atoms with E-state index in [0.29, 0.717) is 17.2 Å². The minimum absolute atomic E-state index is 0.405. The lowest BCUT2D eigenvalue weighted by molar-refractivity contribution is -0.135. The van der Waals surface area contributed by atoms with Gasteiger partial charge in [0.05, 0.1) is 19.9 Å². The van der Waals surface area contributed by atoms with Crippen LogP contribution in [0.3, 0.4) is 0 Å². The number of rotatable bonds is 3. The normalized spacial score (nSPS) is 9.35. The van der Waals surface area contributed by atoms with Gasteiger partial charge in [0.25, 0.3) is 0 Å². The molecule has 0 aliphatic carbocycles. The molecule has 17 heavy (non-hydrogen) atoms. The predicted molar refractivity (Wildman–Crippen MR) is 62.2 cm³/mol. The minimum atomic E-state index is -0.754. The molecule has 0 aliphatic rings. The van der Waals surface area contributed by atoms with Gasteiger partial charge in [0, 0.05) is 13.1 Å². The Morgan fingerprint density at radius 3 is 2.35 bits per heavy atom. The van der Waals surface area contributed by atoms with Gasteiger partial charge >= 0.3 is 11.8 Å². The monoisotopic (exact) mass is 238 g/mol. The summed E-state index contributed by atoms with van der Waals surface area (Å²) in [6.45, 7) is 0. The number of ether oxygens (including phenoxy) is 2. The van der Waals surface area contributed by atoms with Gasteiger partial charge in [-0.05, 0) is 12.1 Å². The van der Waals surface area contributed by atoms with Crippen molar-refractivity contribution in [3.8, 4) is 11.5 Å². The Morgan fingerprint density at radius 1 is 1.12 bits per heavy atom. The average molecular weight is 238 g/mol. The molecule has 1 aromatic rings. The number of carbonyl (C=O) groups is 2. The van der Waals surface area contributed by atoms with Crippen LogP contribution in [0, 0.1) is 0 Å². The van der Waals surface area contributed by atoms with E-state index >= 15 is 0 Å². The third-order valence-electron chi connectivity index (χ3n) is 2.09. The Labute approximate surface area is 98.9 Å². The molecular formula is C11H14N2O4. The summed E-state index contributed by atoms with van der Waals surface area (Å²) in [5.41, 5.74) is 0.405. The molecule has 0 aromatic heterocycles. The van der Waals surface area contributed by atoms with Crippen molar-refractivity contribution in [1.82, 2.24) is 5.32 Å².